The van der Waals surface area contributed by atoms with Crippen LogP contribution in [0.5, 0.6) is 5.75 Å². The minimum Gasteiger partial charge on any atom is -0.489 e. The summed E-state index contributed by atoms with van der Waals surface area (Å²) in [7, 11) is 0. The van der Waals surface area contributed by atoms with Gasteiger partial charge in [0.15, 0.2) is 0 Å². The summed E-state index contributed by atoms with van der Waals surface area (Å²) in [5.41, 5.74) is 4.35. The highest BCUT2D eigenvalue weighted by molar-refractivity contribution is 5.95. The first-order valence-corrected chi connectivity index (χ1v) is 9.32. The van der Waals surface area contributed by atoms with E-state index in [1.165, 1.54) is 5.22 Å². The van der Waals surface area contributed by atoms with Gasteiger partial charge in [-0.05, 0) is 47.9 Å². The van der Waals surface area contributed by atoms with Crippen LogP contribution < -0.4 is 15.3 Å². The number of pyridine rings is 1. The lowest BCUT2D eigenvalue weighted by Crippen LogP contribution is -2.29. The highest BCUT2D eigenvalue weighted by atomic mass is 16.5. The first-order chi connectivity index (χ1) is 13.4. The quantitative estimate of drug-likeness (QED) is 0.599. The maximum Gasteiger partial charge on any atom is 0.120 e. The number of aromatic nitrogens is 2. The molecule has 4 aromatic rings. The molecule has 3 heteroatoms. The van der Waals surface area contributed by atoms with Gasteiger partial charge in [0.25, 0.3) is 0 Å². The highest BCUT2D eigenvalue weighted by Crippen LogP contribution is 2.30. The van der Waals surface area contributed by atoms with Crippen LogP contribution in [0.4, 0.5) is 0 Å². The molecule has 0 spiro atoms. The van der Waals surface area contributed by atoms with E-state index in [0.717, 1.165) is 51.7 Å². The van der Waals surface area contributed by atoms with Crippen LogP contribution in [-0.4, -0.2) is 9.97 Å². The Morgan fingerprint density at radius 1 is 0.926 bits per heavy atom. The van der Waals surface area contributed by atoms with Crippen LogP contribution in [0.15, 0.2) is 66.9 Å². The van der Waals surface area contributed by atoms with Crippen LogP contribution in [0, 0.1) is 0 Å². The third kappa shape index (κ3) is 3.13. The summed E-state index contributed by atoms with van der Waals surface area (Å²) < 4.78 is 6.01. The molecule has 0 fully saturated rings. The van der Waals surface area contributed by atoms with Gasteiger partial charge in [0.1, 0.15) is 12.4 Å². The standard InChI is InChI=1S/C24H20N2O/c1-2-6-17(7-3-1)16-27-19-11-13-23-20(14-19)21(15-25-23)24-12-10-18-8-4-5-9-22(18)26-24/h1-3,6-15,25H,4-5,16H2. The van der Waals surface area contributed by atoms with E-state index in [1.807, 2.05) is 30.5 Å². The predicted molar refractivity (Wildman–Crippen MR) is 110 cm³/mol. The van der Waals surface area contributed by atoms with Gasteiger partial charge in [-0.2, -0.15) is 0 Å². The lowest BCUT2D eigenvalue weighted by Gasteiger charge is -2.07. The molecule has 0 saturated carbocycles. The van der Waals surface area contributed by atoms with Gasteiger partial charge < -0.3 is 9.72 Å². The molecule has 5 rings (SSSR count). The molecular formula is C24H20N2O. The molecule has 2 aromatic heterocycles. The summed E-state index contributed by atoms with van der Waals surface area (Å²) in [5.74, 6) is 0.866. The van der Waals surface area contributed by atoms with E-state index in [2.05, 4.69) is 53.5 Å². The van der Waals surface area contributed by atoms with Crippen molar-refractivity contribution in [2.45, 2.75) is 19.4 Å². The van der Waals surface area contributed by atoms with E-state index in [1.54, 1.807) is 0 Å². The Morgan fingerprint density at radius 3 is 2.74 bits per heavy atom. The van der Waals surface area contributed by atoms with Gasteiger partial charge in [0, 0.05) is 22.7 Å². The van der Waals surface area contributed by atoms with E-state index in [0.29, 0.717) is 6.61 Å². The molecule has 1 aliphatic carbocycles. The fourth-order valence-corrected chi connectivity index (χ4v) is 3.57. The van der Waals surface area contributed by atoms with Gasteiger partial charge in [0.2, 0.25) is 0 Å². The maximum atomic E-state index is 6.01. The van der Waals surface area contributed by atoms with E-state index in [4.69, 9.17) is 9.72 Å². The van der Waals surface area contributed by atoms with Crippen molar-refractivity contribution < 1.29 is 4.74 Å². The van der Waals surface area contributed by atoms with Crippen molar-refractivity contribution >= 4 is 23.1 Å². The molecule has 1 N–H and O–H groups in total. The maximum absolute atomic E-state index is 6.01. The molecule has 0 aliphatic heterocycles. The van der Waals surface area contributed by atoms with Crippen LogP contribution in [0.25, 0.3) is 34.3 Å². The lowest BCUT2D eigenvalue weighted by atomic mass is 10.1. The number of aromatic amines is 1. The molecule has 0 amide bonds. The number of hydrogen-bond acceptors (Lipinski definition) is 2. The Kier molecular flexibility index (Phi) is 3.98. The van der Waals surface area contributed by atoms with Crippen molar-refractivity contribution in [1.82, 2.24) is 9.97 Å². The molecule has 2 aromatic carbocycles. The molecule has 2 heterocycles. The van der Waals surface area contributed by atoms with E-state index >= 15 is 0 Å². The van der Waals surface area contributed by atoms with Crippen molar-refractivity contribution in [3.05, 3.63) is 83.0 Å². The summed E-state index contributed by atoms with van der Waals surface area (Å²) in [6.07, 6.45) is 8.68. The molecule has 0 radical (unpaired) electrons. The molecule has 1 aliphatic rings. The third-order valence-electron chi connectivity index (χ3n) is 5.00. The molecule has 0 saturated heterocycles. The van der Waals surface area contributed by atoms with Crippen LogP contribution in [0.3, 0.4) is 0 Å². The Balaban J connectivity index is 1.50. The predicted octanol–water partition coefficient (Wildman–Crippen LogP) is 4.16. The van der Waals surface area contributed by atoms with Gasteiger partial charge in [0.05, 0.1) is 11.0 Å². The first kappa shape index (κ1) is 15.9. The normalized spacial score (nSPS) is 12.9. The second-order valence-corrected chi connectivity index (χ2v) is 6.84. The minimum atomic E-state index is 0.563. The first-order valence-electron chi connectivity index (χ1n) is 9.32. The Bertz CT molecular complexity index is 1220. The number of rotatable bonds is 4. The second-order valence-electron chi connectivity index (χ2n) is 6.84. The van der Waals surface area contributed by atoms with Gasteiger partial charge in [-0.25, -0.2) is 4.98 Å². The zero-order valence-electron chi connectivity index (χ0n) is 15.0. The monoisotopic (exact) mass is 352 g/mol. The molecule has 3 nitrogen and oxygen atoms in total. The van der Waals surface area contributed by atoms with Crippen molar-refractivity contribution in [1.29, 1.82) is 0 Å². The Hall–Kier alpha value is -3.33. The van der Waals surface area contributed by atoms with E-state index < -0.39 is 0 Å². The minimum absolute atomic E-state index is 0.563. The zero-order valence-corrected chi connectivity index (χ0v) is 15.0. The topological polar surface area (TPSA) is 37.9 Å². The van der Waals surface area contributed by atoms with Gasteiger partial charge in [-0.15, -0.1) is 0 Å². The van der Waals surface area contributed by atoms with Crippen molar-refractivity contribution in [3.63, 3.8) is 0 Å². The highest BCUT2D eigenvalue weighted by Gasteiger charge is 2.09. The smallest absolute Gasteiger partial charge is 0.120 e. The number of ether oxygens (including phenoxy) is 1. The van der Waals surface area contributed by atoms with Crippen LogP contribution in [-0.2, 0) is 6.61 Å². The Labute approximate surface area is 157 Å². The van der Waals surface area contributed by atoms with Gasteiger partial charge >= 0.3 is 0 Å². The van der Waals surface area contributed by atoms with Crippen LogP contribution in [0.2, 0.25) is 0 Å². The van der Waals surface area contributed by atoms with E-state index in [-0.39, 0.29) is 0 Å². The van der Waals surface area contributed by atoms with Crippen molar-refractivity contribution in [2.24, 2.45) is 0 Å². The van der Waals surface area contributed by atoms with Gasteiger partial charge in [-0.3, -0.25) is 0 Å². The van der Waals surface area contributed by atoms with Crippen LogP contribution in [0.1, 0.15) is 18.4 Å². The molecule has 0 unspecified atom stereocenters. The number of nitrogens with one attached hydrogen (secondary N) is 1. The third-order valence-corrected chi connectivity index (χ3v) is 5.00. The summed E-state index contributed by atoms with van der Waals surface area (Å²) in [4.78, 5) is 8.24. The Morgan fingerprint density at radius 2 is 1.81 bits per heavy atom. The number of hydrogen-bond donors (Lipinski definition) is 1. The average molecular weight is 352 g/mol. The summed E-state index contributed by atoms with van der Waals surface area (Å²) in [6.45, 7) is 0.563. The van der Waals surface area contributed by atoms with Crippen LogP contribution >= 0.6 is 0 Å². The number of H-pyrrole nitrogens is 1. The van der Waals surface area contributed by atoms with E-state index in [9.17, 15) is 0 Å². The number of benzene rings is 2. The summed E-state index contributed by atoms with van der Waals surface area (Å²) in [6, 6.07) is 20.7. The number of fused-ring (bicyclic) bond motifs is 2. The molecule has 132 valence electrons. The fourth-order valence-electron chi connectivity index (χ4n) is 3.57. The molecule has 0 bridgehead atoms. The number of nitrogens with zero attached hydrogens (tertiary/aromatic N) is 1. The lowest BCUT2D eigenvalue weighted by molar-refractivity contribution is 0.306. The summed E-state index contributed by atoms with van der Waals surface area (Å²) in [5, 5.41) is 3.45. The second kappa shape index (κ2) is 6.76. The zero-order chi connectivity index (χ0) is 18.1. The largest absolute Gasteiger partial charge is 0.489 e. The van der Waals surface area contributed by atoms with Gasteiger partial charge in [-0.1, -0.05) is 48.6 Å². The molecule has 27 heavy (non-hydrogen) atoms. The molecular weight excluding hydrogens is 332 g/mol. The summed E-state index contributed by atoms with van der Waals surface area (Å²) >= 11 is 0. The SMILES string of the molecule is C1=c2ccc(-c3c[nH]c4ccc(OCc5ccccc5)cc34)nc2=CCC1. The molecule has 0 atom stereocenters. The average Bonchev–Trinajstić information content (AvgIpc) is 3.16. The van der Waals surface area contributed by atoms with Crippen molar-refractivity contribution in [2.75, 3.05) is 0 Å². The van der Waals surface area contributed by atoms with Crippen molar-refractivity contribution in [3.8, 4) is 17.0 Å². The fraction of sp³-hybridized carbons (Fsp3) is 0.125.